The van der Waals surface area contributed by atoms with E-state index in [0.717, 1.165) is 25.9 Å². The van der Waals surface area contributed by atoms with Gasteiger partial charge in [0, 0.05) is 19.1 Å². The Bertz CT molecular complexity index is 334. The Labute approximate surface area is 97.2 Å². The van der Waals surface area contributed by atoms with Crippen LogP contribution < -0.4 is 0 Å². The molecule has 16 heavy (non-hydrogen) atoms. The lowest BCUT2D eigenvalue weighted by atomic mass is 10.0. The maximum Gasteiger partial charge on any atom is 0.0590 e. The quantitative estimate of drug-likeness (QED) is 0.778. The standard InChI is InChI=1S/C14H19NO/c16-12-14(15-9-5-2-6-10-15)11-13-7-3-1-4-8-13/h1-5,7-8,14,16H,6,9-12H2. The molecule has 0 saturated heterocycles. The minimum atomic E-state index is 0.239. The van der Waals surface area contributed by atoms with E-state index in [-0.39, 0.29) is 12.6 Å². The Morgan fingerprint density at radius 2 is 2.00 bits per heavy atom. The van der Waals surface area contributed by atoms with Crippen LogP contribution in [0.3, 0.4) is 0 Å². The van der Waals surface area contributed by atoms with Crippen LogP contribution in [0.1, 0.15) is 12.0 Å². The largest absolute Gasteiger partial charge is 0.395 e. The summed E-state index contributed by atoms with van der Waals surface area (Å²) in [5.41, 5.74) is 1.30. The van der Waals surface area contributed by atoms with Crippen molar-refractivity contribution in [1.29, 1.82) is 0 Å². The first-order chi connectivity index (χ1) is 7.90. The molecule has 0 saturated carbocycles. The van der Waals surface area contributed by atoms with Crippen molar-refractivity contribution >= 4 is 0 Å². The van der Waals surface area contributed by atoms with Crippen molar-refractivity contribution in [3.8, 4) is 0 Å². The molecule has 1 aromatic rings. The summed E-state index contributed by atoms with van der Waals surface area (Å²) in [6, 6.07) is 10.7. The average Bonchev–Trinajstić information content (AvgIpc) is 2.38. The second kappa shape index (κ2) is 5.83. The van der Waals surface area contributed by atoms with Crippen LogP contribution in [0.25, 0.3) is 0 Å². The van der Waals surface area contributed by atoms with Gasteiger partial charge in [0.1, 0.15) is 0 Å². The Balaban J connectivity index is 1.97. The smallest absolute Gasteiger partial charge is 0.0590 e. The summed E-state index contributed by atoms with van der Waals surface area (Å²) in [6.45, 7) is 2.27. The fourth-order valence-corrected chi connectivity index (χ4v) is 2.19. The minimum Gasteiger partial charge on any atom is -0.395 e. The number of benzene rings is 1. The molecule has 0 bridgehead atoms. The molecule has 0 amide bonds. The first kappa shape index (κ1) is 11.4. The van der Waals surface area contributed by atoms with E-state index in [1.807, 2.05) is 6.07 Å². The van der Waals surface area contributed by atoms with Gasteiger partial charge in [0.2, 0.25) is 0 Å². The Kier molecular flexibility index (Phi) is 4.14. The summed E-state index contributed by atoms with van der Waals surface area (Å²) >= 11 is 0. The molecule has 2 heteroatoms. The van der Waals surface area contributed by atoms with Gasteiger partial charge in [0.15, 0.2) is 0 Å². The predicted octanol–water partition coefficient (Wildman–Crippen LogP) is 1.85. The molecule has 0 radical (unpaired) electrons. The van der Waals surface area contributed by atoms with Crippen LogP contribution in [-0.4, -0.2) is 35.7 Å². The first-order valence-corrected chi connectivity index (χ1v) is 5.94. The number of aliphatic hydroxyl groups is 1. The van der Waals surface area contributed by atoms with Crippen molar-refractivity contribution in [1.82, 2.24) is 4.90 Å². The van der Waals surface area contributed by atoms with Crippen LogP contribution in [0.2, 0.25) is 0 Å². The van der Waals surface area contributed by atoms with E-state index in [1.54, 1.807) is 0 Å². The van der Waals surface area contributed by atoms with E-state index in [4.69, 9.17) is 0 Å². The van der Waals surface area contributed by atoms with Crippen molar-refractivity contribution in [2.75, 3.05) is 19.7 Å². The van der Waals surface area contributed by atoms with Crippen LogP contribution in [0.4, 0.5) is 0 Å². The van der Waals surface area contributed by atoms with Crippen molar-refractivity contribution < 1.29 is 5.11 Å². The Hall–Kier alpha value is -1.12. The zero-order valence-electron chi connectivity index (χ0n) is 9.55. The van der Waals surface area contributed by atoms with E-state index in [2.05, 4.69) is 41.3 Å². The molecule has 0 fully saturated rings. The number of hydrogen-bond donors (Lipinski definition) is 1. The maximum absolute atomic E-state index is 9.47. The van der Waals surface area contributed by atoms with Gasteiger partial charge in [-0.1, -0.05) is 42.5 Å². The summed E-state index contributed by atoms with van der Waals surface area (Å²) in [6.07, 6.45) is 6.45. The molecule has 86 valence electrons. The zero-order chi connectivity index (χ0) is 11.2. The van der Waals surface area contributed by atoms with E-state index in [9.17, 15) is 5.11 Å². The van der Waals surface area contributed by atoms with Crippen molar-refractivity contribution in [3.05, 3.63) is 48.0 Å². The van der Waals surface area contributed by atoms with Gasteiger partial charge in [0.05, 0.1) is 6.61 Å². The molecular formula is C14H19NO. The monoisotopic (exact) mass is 217 g/mol. The Morgan fingerprint density at radius 3 is 2.62 bits per heavy atom. The van der Waals surface area contributed by atoms with Gasteiger partial charge in [-0.2, -0.15) is 0 Å². The number of hydrogen-bond acceptors (Lipinski definition) is 2. The Morgan fingerprint density at radius 1 is 1.19 bits per heavy atom. The highest BCUT2D eigenvalue weighted by Gasteiger charge is 2.17. The zero-order valence-corrected chi connectivity index (χ0v) is 9.55. The van der Waals surface area contributed by atoms with E-state index < -0.39 is 0 Å². The van der Waals surface area contributed by atoms with Crippen molar-refractivity contribution in [2.24, 2.45) is 0 Å². The van der Waals surface area contributed by atoms with Gasteiger partial charge in [-0.15, -0.1) is 0 Å². The number of aliphatic hydroxyl groups excluding tert-OH is 1. The number of rotatable bonds is 4. The first-order valence-electron chi connectivity index (χ1n) is 5.94. The molecule has 1 aromatic carbocycles. The normalized spacial score (nSPS) is 18.6. The summed E-state index contributed by atoms with van der Waals surface area (Å²) in [4.78, 5) is 2.35. The number of nitrogens with zero attached hydrogens (tertiary/aromatic N) is 1. The van der Waals surface area contributed by atoms with Crippen LogP contribution in [0.15, 0.2) is 42.5 Å². The average molecular weight is 217 g/mol. The highest BCUT2D eigenvalue weighted by Crippen LogP contribution is 2.12. The summed E-state index contributed by atoms with van der Waals surface area (Å²) < 4.78 is 0. The lowest BCUT2D eigenvalue weighted by molar-refractivity contribution is 0.131. The van der Waals surface area contributed by atoms with Crippen LogP contribution in [0, 0.1) is 0 Å². The third-order valence-corrected chi connectivity index (χ3v) is 3.13. The highest BCUT2D eigenvalue weighted by atomic mass is 16.3. The molecule has 0 spiro atoms. The molecule has 1 aliphatic heterocycles. The van der Waals surface area contributed by atoms with Crippen LogP contribution >= 0.6 is 0 Å². The topological polar surface area (TPSA) is 23.5 Å². The molecule has 2 rings (SSSR count). The van der Waals surface area contributed by atoms with Gasteiger partial charge in [-0.3, -0.25) is 4.90 Å². The van der Waals surface area contributed by atoms with E-state index in [1.165, 1.54) is 5.56 Å². The molecule has 0 aromatic heterocycles. The summed E-state index contributed by atoms with van der Waals surface area (Å²) in [7, 11) is 0. The third-order valence-electron chi connectivity index (χ3n) is 3.13. The molecule has 1 N–H and O–H groups in total. The minimum absolute atomic E-state index is 0.239. The van der Waals surface area contributed by atoms with E-state index >= 15 is 0 Å². The van der Waals surface area contributed by atoms with Crippen molar-refractivity contribution in [3.63, 3.8) is 0 Å². The van der Waals surface area contributed by atoms with Gasteiger partial charge in [0.25, 0.3) is 0 Å². The van der Waals surface area contributed by atoms with Gasteiger partial charge < -0.3 is 5.11 Å². The second-order valence-electron chi connectivity index (χ2n) is 4.28. The lowest BCUT2D eigenvalue weighted by Gasteiger charge is -2.31. The second-order valence-corrected chi connectivity index (χ2v) is 4.28. The molecule has 1 aliphatic rings. The summed E-state index contributed by atoms with van der Waals surface area (Å²) in [5.74, 6) is 0. The van der Waals surface area contributed by atoms with Gasteiger partial charge >= 0.3 is 0 Å². The van der Waals surface area contributed by atoms with Crippen molar-refractivity contribution in [2.45, 2.75) is 18.9 Å². The molecule has 1 heterocycles. The van der Waals surface area contributed by atoms with E-state index in [0.29, 0.717) is 0 Å². The van der Waals surface area contributed by atoms with Crippen LogP contribution in [-0.2, 0) is 6.42 Å². The maximum atomic E-state index is 9.47. The SMILES string of the molecule is OCC(Cc1ccccc1)N1CC=CCC1. The fraction of sp³-hybridized carbons (Fsp3) is 0.429. The summed E-state index contributed by atoms with van der Waals surface area (Å²) in [5, 5.41) is 9.47. The predicted molar refractivity (Wildman–Crippen MR) is 66.3 cm³/mol. The fourth-order valence-electron chi connectivity index (χ4n) is 2.19. The molecule has 2 nitrogen and oxygen atoms in total. The highest BCUT2D eigenvalue weighted by molar-refractivity contribution is 5.16. The van der Waals surface area contributed by atoms with Crippen LogP contribution in [0.5, 0.6) is 0 Å². The third kappa shape index (κ3) is 2.94. The molecule has 1 atom stereocenters. The lowest BCUT2D eigenvalue weighted by Crippen LogP contribution is -2.41. The van der Waals surface area contributed by atoms with Gasteiger partial charge in [-0.25, -0.2) is 0 Å². The molecule has 0 aliphatic carbocycles. The molecule has 1 unspecified atom stereocenters. The van der Waals surface area contributed by atoms with Gasteiger partial charge in [-0.05, 0) is 18.4 Å². The molecular weight excluding hydrogens is 198 g/mol.